The molecular weight excluding hydrogens is 270 g/mol. The van der Waals surface area contributed by atoms with Crippen molar-refractivity contribution in [1.29, 1.82) is 5.26 Å². The first-order valence-electron chi connectivity index (χ1n) is 6.45. The van der Waals surface area contributed by atoms with Crippen molar-refractivity contribution in [2.75, 3.05) is 0 Å². The summed E-state index contributed by atoms with van der Waals surface area (Å²) in [7, 11) is 0. The first-order valence-corrected chi connectivity index (χ1v) is 7.27. The van der Waals surface area contributed by atoms with Crippen LogP contribution in [0.3, 0.4) is 0 Å². The fraction of sp³-hybridized carbons (Fsp3) is 0.267. The van der Waals surface area contributed by atoms with E-state index in [9.17, 15) is 10.4 Å². The number of para-hydroxylation sites is 1. The van der Waals surface area contributed by atoms with E-state index in [0.29, 0.717) is 15.5 Å². The minimum Gasteiger partial charge on any atom is -0.507 e. The molecule has 0 aliphatic heterocycles. The molecule has 0 aliphatic carbocycles. The molecule has 0 unspecified atom stereocenters. The first-order chi connectivity index (χ1) is 9.71. The molecule has 0 radical (unpaired) electrons. The minimum absolute atomic E-state index is 0.181. The molecule has 5 heteroatoms. The second-order valence-electron chi connectivity index (χ2n) is 4.19. The van der Waals surface area contributed by atoms with Crippen molar-refractivity contribution in [2.24, 2.45) is 0 Å². The third-order valence-corrected chi connectivity index (χ3v) is 4.04. The standard InChI is InChI=1S/C15H15N3OS/c1-3-10-11(9-16)15(18-17-12(10)4-2)20-14-8-6-5-7-13(14)19/h5-8,19H,3-4H2,1-2H3. The van der Waals surface area contributed by atoms with Crippen LogP contribution in [0.25, 0.3) is 0 Å². The van der Waals surface area contributed by atoms with Crippen molar-refractivity contribution in [3.8, 4) is 11.8 Å². The van der Waals surface area contributed by atoms with E-state index >= 15 is 0 Å². The zero-order valence-electron chi connectivity index (χ0n) is 11.4. The smallest absolute Gasteiger partial charge is 0.142 e. The van der Waals surface area contributed by atoms with Crippen LogP contribution in [0.5, 0.6) is 5.75 Å². The maximum atomic E-state index is 9.81. The van der Waals surface area contributed by atoms with Crippen molar-refractivity contribution >= 4 is 11.8 Å². The molecule has 1 aromatic heterocycles. The highest BCUT2D eigenvalue weighted by molar-refractivity contribution is 7.99. The van der Waals surface area contributed by atoms with Gasteiger partial charge in [-0.3, -0.25) is 0 Å². The number of rotatable bonds is 4. The van der Waals surface area contributed by atoms with E-state index in [4.69, 9.17) is 0 Å². The highest BCUT2D eigenvalue weighted by atomic mass is 32.2. The molecule has 0 bridgehead atoms. The lowest BCUT2D eigenvalue weighted by Gasteiger charge is -2.10. The number of aromatic hydroxyl groups is 1. The molecule has 20 heavy (non-hydrogen) atoms. The number of aryl methyl sites for hydroxylation is 1. The lowest BCUT2D eigenvalue weighted by molar-refractivity contribution is 0.462. The number of hydrogen-bond donors (Lipinski definition) is 1. The van der Waals surface area contributed by atoms with E-state index in [1.165, 1.54) is 11.8 Å². The van der Waals surface area contributed by atoms with Gasteiger partial charge in [-0.2, -0.15) is 10.4 Å². The quantitative estimate of drug-likeness (QED) is 0.933. The van der Waals surface area contributed by atoms with Crippen LogP contribution in [-0.4, -0.2) is 15.3 Å². The SMILES string of the molecule is CCc1nnc(Sc2ccccc2O)c(C#N)c1CC. The number of aromatic nitrogens is 2. The number of phenolic OH excluding ortho intramolecular Hbond substituents is 1. The van der Waals surface area contributed by atoms with Crippen LogP contribution in [0, 0.1) is 11.3 Å². The van der Waals surface area contributed by atoms with E-state index in [1.54, 1.807) is 18.2 Å². The fourth-order valence-electron chi connectivity index (χ4n) is 1.99. The monoisotopic (exact) mass is 285 g/mol. The third kappa shape index (κ3) is 2.75. The van der Waals surface area contributed by atoms with Gasteiger partial charge in [-0.25, -0.2) is 0 Å². The fourth-order valence-corrected chi connectivity index (χ4v) is 2.87. The van der Waals surface area contributed by atoms with Gasteiger partial charge in [-0.1, -0.05) is 37.7 Å². The molecule has 0 spiro atoms. The van der Waals surface area contributed by atoms with Crippen LogP contribution < -0.4 is 0 Å². The second-order valence-corrected chi connectivity index (χ2v) is 5.22. The summed E-state index contributed by atoms with van der Waals surface area (Å²) < 4.78 is 0. The van der Waals surface area contributed by atoms with Crippen molar-refractivity contribution in [3.05, 3.63) is 41.1 Å². The van der Waals surface area contributed by atoms with E-state index in [0.717, 1.165) is 24.1 Å². The average molecular weight is 285 g/mol. The average Bonchev–Trinajstić information content (AvgIpc) is 2.48. The van der Waals surface area contributed by atoms with Gasteiger partial charge in [-0.05, 0) is 30.5 Å². The molecule has 0 aliphatic rings. The summed E-state index contributed by atoms with van der Waals surface area (Å²) in [5.41, 5.74) is 2.38. The zero-order chi connectivity index (χ0) is 14.5. The summed E-state index contributed by atoms with van der Waals surface area (Å²) in [6.45, 7) is 4.01. The van der Waals surface area contributed by atoms with Gasteiger partial charge in [0.15, 0.2) is 0 Å². The van der Waals surface area contributed by atoms with Gasteiger partial charge < -0.3 is 5.11 Å². The highest BCUT2D eigenvalue weighted by Gasteiger charge is 2.16. The Kier molecular flexibility index (Phi) is 4.59. The molecule has 0 atom stereocenters. The number of benzene rings is 1. The number of nitrogens with zero attached hydrogens (tertiary/aromatic N) is 3. The van der Waals surface area contributed by atoms with Gasteiger partial charge >= 0.3 is 0 Å². The Morgan fingerprint density at radius 1 is 1.20 bits per heavy atom. The second kappa shape index (κ2) is 6.40. The Bertz CT molecular complexity index is 665. The van der Waals surface area contributed by atoms with Crippen LogP contribution in [0.15, 0.2) is 34.2 Å². The van der Waals surface area contributed by atoms with E-state index < -0.39 is 0 Å². The molecule has 0 saturated heterocycles. The lowest BCUT2D eigenvalue weighted by atomic mass is 10.1. The Hall–Kier alpha value is -2.06. The predicted molar refractivity (Wildman–Crippen MR) is 77.7 cm³/mol. The topological polar surface area (TPSA) is 69.8 Å². The van der Waals surface area contributed by atoms with Crippen molar-refractivity contribution in [2.45, 2.75) is 36.6 Å². The van der Waals surface area contributed by atoms with Crippen LogP contribution in [0.1, 0.15) is 30.7 Å². The van der Waals surface area contributed by atoms with Gasteiger partial charge in [0.25, 0.3) is 0 Å². The van der Waals surface area contributed by atoms with Gasteiger partial charge in [0.05, 0.1) is 16.2 Å². The number of phenols is 1. The maximum absolute atomic E-state index is 9.81. The van der Waals surface area contributed by atoms with Crippen LogP contribution in [0.4, 0.5) is 0 Å². The molecule has 4 nitrogen and oxygen atoms in total. The Balaban J connectivity index is 2.48. The molecule has 0 saturated carbocycles. The van der Waals surface area contributed by atoms with E-state index in [1.807, 2.05) is 19.9 Å². The van der Waals surface area contributed by atoms with E-state index in [-0.39, 0.29) is 5.75 Å². The largest absolute Gasteiger partial charge is 0.507 e. The maximum Gasteiger partial charge on any atom is 0.142 e. The minimum atomic E-state index is 0.181. The lowest BCUT2D eigenvalue weighted by Crippen LogP contribution is -2.04. The van der Waals surface area contributed by atoms with Crippen LogP contribution in [-0.2, 0) is 12.8 Å². The summed E-state index contributed by atoms with van der Waals surface area (Å²) in [6.07, 6.45) is 1.50. The molecule has 2 rings (SSSR count). The van der Waals surface area contributed by atoms with Crippen molar-refractivity contribution < 1.29 is 5.11 Å². The summed E-state index contributed by atoms with van der Waals surface area (Å²) in [5, 5.41) is 28.1. The van der Waals surface area contributed by atoms with Crippen molar-refractivity contribution in [3.63, 3.8) is 0 Å². The molecular formula is C15H15N3OS. The predicted octanol–water partition coefficient (Wildman–Crippen LogP) is 3.33. The summed E-state index contributed by atoms with van der Waals surface area (Å²) in [5.74, 6) is 0.181. The van der Waals surface area contributed by atoms with Gasteiger partial charge in [0, 0.05) is 0 Å². The highest BCUT2D eigenvalue weighted by Crippen LogP contribution is 2.35. The van der Waals surface area contributed by atoms with Crippen LogP contribution >= 0.6 is 11.8 Å². The summed E-state index contributed by atoms with van der Waals surface area (Å²) >= 11 is 1.27. The normalized spacial score (nSPS) is 10.2. The molecule has 1 N–H and O–H groups in total. The van der Waals surface area contributed by atoms with Crippen LogP contribution in [0.2, 0.25) is 0 Å². The van der Waals surface area contributed by atoms with Gasteiger partial charge in [0.1, 0.15) is 16.8 Å². The molecule has 2 aromatic rings. The molecule has 102 valence electrons. The Labute approximate surface area is 122 Å². The summed E-state index contributed by atoms with van der Waals surface area (Å²) in [4.78, 5) is 0.671. The zero-order valence-corrected chi connectivity index (χ0v) is 12.2. The van der Waals surface area contributed by atoms with Gasteiger partial charge in [-0.15, -0.1) is 5.10 Å². The van der Waals surface area contributed by atoms with E-state index in [2.05, 4.69) is 16.3 Å². The molecule has 1 aromatic carbocycles. The Morgan fingerprint density at radius 3 is 2.55 bits per heavy atom. The molecule has 0 fully saturated rings. The molecule has 0 amide bonds. The van der Waals surface area contributed by atoms with Crippen molar-refractivity contribution in [1.82, 2.24) is 10.2 Å². The van der Waals surface area contributed by atoms with Gasteiger partial charge in [0.2, 0.25) is 0 Å². The number of nitriles is 1. The summed E-state index contributed by atoms with van der Waals surface area (Å²) in [6, 6.07) is 9.23. The number of hydrogen-bond acceptors (Lipinski definition) is 5. The Morgan fingerprint density at radius 2 is 1.95 bits per heavy atom. The molecule has 1 heterocycles. The first kappa shape index (κ1) is 14.4. The third-order valence-electron chi connectivity index (χ3n) is 3.00.